The highest BCUT2D eigenvalue weighted by molar-refractivity contribution is 7.90. The Morgan fingerprint density at radius 1 is 1.36 bits per heavy atom. The molecule has 5 nitrogen and oxygen atoms in total. The molecule has 0 atom stereocenters. The third-order valence-electron chi connectivity index (χ3n) is 3.19. The van der Waals surface area contributed by atoms with E-state index in [-0.39, 0.29) is 6.42 Å². The van der Waals surface area contributed by atoms with Crippen LogP contribution in [0, 0.1) is 0 Å². The lowest BCUT2D eigenvalue weighted by atomic mass is 10.00. The van der Waals surface area contributed by atoms with Crippen molar-refractivity contribution in [3.8, 4) is 0 Å². The Bertz CT molecular complexity index is 776. The number of amides is 1. The Morgan fingerprint density at radius 2 is 1.96 bits per heavy atom. The van der Waals surface area contributed by atoms with Crippen LogP contribution in [0.1, 0.15) is 12.0 Å². The fourth-order valence-corrected chi connectivity index (χ4v) is 2.61. The van der Waals surface area contributed by atoms with Crippen molar-refractivity contribution in [1.82, 2.24) is 4.72 Å². The first-order valence-electron chi connectivity index (χ1n) is 6.91. The van der Waals surface area contributed by atoms with E-state index >= 15 is 0 Å². The van der Waals surface area contributed by atoms with E-state index in [9.17, 15) is 26.4 Å². The Hall–Kier alpha value is -1.84. The maximum atomic E-state index is 12.3. The number of allylic oxidation sites excluding steroid dienone is 2. The molecule has 1 amide bonds. The van der Waals surface area contributed by atoms with Gasteiger partial charge >= 0.3 is 20.9 Å². The zero-order chi connectivity index (χ0) is 19.3. The quantitative estimate of drug-likeness (QED) is 0.432. The van der Waals surface area contributed by atoms with Gasteiger partial charge in [0.2, 0.25) is 0 Å². The minimum Gasteiger partial charge on any atom is -0.301 e. The SMILES string of the molecule is C=C/C=C(\CCNS(=O)(=O)C(F)(F)F)c1ccccc1N(C)C(=O)Cl. The van der Waals surface area contributed by atoms with Gasteiger partial charge < -0.3 is 4.90 Å². The van der Waals surface area contributed by atoms with Crippen molar-refractivity contribution in [2.24, 2.45) is 0 Å². The fraction of sp³-hybridized carbons (Fsp3) is 0.267. The number of hydrogen-bond donors (Lipinski definition) is 1. The summed E-state index contributed by atoms with van der Waals surface area (Å²) in [7, 11) is -3.98. The summed E-state index contributed by atoms with van der Waals surface area (Å²) in [6.07, 6.45) is 2.88. The van der Waals surface area contributed by atoms with Crippen LogP contribution in [-0.4, -0.2) is 32.9 Å². The smallest absolute Gasteiger partial charge is 0.301 e. The number of halogens is 4. The van der Waals surface area contributed by atoms with E-state index in [4.69, 9.17) is 11.6 Å². The highest BCUT2D eigenvalue weighted by atomic mass is 35.5. The van der Waals surface area contributed by atoms with Crippen molar-refractivity contribution < 1.29 is 26.4 Å². The zero-order valence-electron chi connectivity index (χ0n) is 13.2. The van der Waals surface area contributed by atoms with Gasteiger partial charge in [-0.2, -0.15) is 13.2 Å². The first-order valence-corrected chi connectivity index (χ1v) is 8.77. The molecule has 0 aliphatic rings. The number of hydrogen-bond acceptors (Lipinski definition) is 3. The van der Waals surface area contributed by atoms with Crippen LogP contribution in [0.3, 0.4) is 0 Å². The Labute approximate surface area is 148 Å². The maximum absolute atomic E-state index is 12.3. The van der Waals surface area contributed by atoms with E-state index in [1.165, 1.54) is 23.9 Å². The van der Waals surface area contributed by atoms with Crippen LogP contribution in [0.2, 0.25) is 0 Å². The Balaban J connectivity index is 3.06. The largest absolute Gasteiger partial charge is 0.511 e. The topological polar surface area (TPSA) is 66.5 Å². The number of sulfonamides is 1. The van der Waals surface area contributed by atoms with E-state index in [2.05, 4.69) is 6.58 Å². The van der Waals surface area contributed by atoms with E-state index in [0.29, 0.717) is 16.8 Å². The molecule has 1 aromatic rings. The Kier molecular flexibility index (Phi) is 7.21. The first kappa shape index (κ1) is 21.2. The maximum Gasteiger partial charge on any atom is 0.511 e. The standard InChI is InChI=1S/C15H16ClF3N2O3S/c1-3-6-11(9-10-20-25(23,24)15(17,18)19)12-7-4-5-8-13(12)21(2)14(16)22/h3-8,20H,1,9-10H2,2H3/b11-6+. The molecule has 10 heteroatoms. The van der Waals surface area contributed by atoms with Crippen LogP contribution < -0.4 is 9.62 Å². The molecule has 1 aromatic carbocycles. The summed E-state index contributed by atoms with van der Waals surface area (Å²) in [5.74, 6) is 0. The molecule has 0 heterocycles. The number of alkyl halides is 3. The van der Waals surface area contributed by atoms with Gasteiger partial charge in [-0.3, -0.25) is 4.79 Å². The van der Waals surface area contributed by atoms with Crippen molar-refractivity contribution >= 4 is 38.3 Å². The van der Waals surface area contributed by atoms with Gasteiger partial charge in [0.15, 0.2) is 0 Å². The number of carbonyl (C=O) groups excluding carboxylic acids is 1. The lowest BCUT2D eigenvalue weighted by Crippen LogP contribution is -2.37. The number of benzene rings is 1. The van der Waals surface area contributed by atoms with Crippen LogP contribution in [0.25, 0.3) is 5.57 Å². The summed E-state index contributed by atoms with van der Waals surface area (Å²) < 4.78 is 60.6. The Morgan fingerprint density at radius 3 is 2.48 bits per heavy atom. The van der Waals surface area contributed by atoms with Crippen LogP contribution in [0.4, 0.5) is 23.7 Å². The zero-order valence-corrected chi connectivity index (χ0v) is 14.7. The number of para-hydroxylation sites is 1. The molecule has 0 aliphatic carbocycles. The van der Waals surface area contributed by atoms with E-state index < -0.39 is 27.4 Å². The van der Waals surface area contributed by atoms with Gasteiger partial charge in [0.05, 0.1) is 5.69 Å². The average Bonchev–Trinajstić information content (AvgIpc) is 2.52. The number of nitrogens with one attached hydrogen (secondary N) is 1. The van der Waals surface area contributed by atoms with Crippen molar-refractivity contribution in [3.63, 3.8) is 0 Å². The third kappa shape index (κ3) is 5.58. The average molecular weight is 397 g/mol. The molecule has 0 unspecified atom stereocenters. The number of rotatable bonds is 7. The van der Waals surface area contributed by atoms with Crippen molar-refractivity contribution in [2.45, 2.75) is 11.9 Å². The van der Waals surface area contributed by atoms with Gasteiger partial charge in [-0.15, -0.1) is 0 Å². The second-order valence-corrected chi connectivity index (χ2v) is 6.93. The summed E-state index contributed by atoms with van der Waals surface area (Å²) in [6, 6.07) is 6.57. The number of nitrogens with zero attached hydrogens (tertiary/aromatic N) is 1. The predicted octanol–water partition coefficient (Wildman–Crippen LogP) is 3.88. The molecule has 25 heavy (non-hydrogen) atoms. The third-order valence-corrected chi connectivity index (χ3v) is 4.63. The van der Waals surface area contributed by atoms with Gasteiger partial charge in [-0.05, 0) is 29.7 Å². The summed E-state index contributed by atoms with van der Waals surface area (Å²) in [5, 5.41) is -0.747. The second kappa shape index (κ2) is 8.50. The van der Waals surface area contributed by atoms with E-state index in [0.717, 1.165) is 4.90 Å². The van der Waals surface area contributed by atoms with Crippen molar-refractivity contribution in [3.05, 3.63) is 48.6 Å². The van der Waals surface area contributed by atoms with Gasteiger partial charge in [0.25, 0.3) is 0 Å². The van der Waals surface area contributed by atoms with Gasteiger partial charge in [-0.25, -0.2) is 13.1 Å². The van der Waals surface area contributed by atoms with Crippen LogP contribution >= 0.6 is 11.6 Å². The van der Waals surface area contributed by atoms with Crippen LogP contribution in [0.15, 0.2) is 43.0 Å². The molecule has 0 saturated carbocycles. The molecule has 0 aliphatic heterocycles. The predicted molar refractivity (Wildman–Crippen MR) is 91.9 cm³/mol. The molecule has 0 radical (unpaired) electrons. The molecular formula is C15H16ClF3N2O3S. The lowest BCUT2D eigenvalue weighted by Gasteiger charge is -2.20. The highest BCUT2D eigenvalue weighted by Gasteiger charge is 2.45. The minimum atomic E-state index is -5.42. The lowest BCUT2D eigenvalue weighted by molar-refractivity contribution is -0.0447. The summed E-state index contributed by atoms with van der Waals surface area (Å²) in [6.45, 7) is 3.05. The molecule has 0 saturated heterocycles. The van der Waals surface area contributed by atoms with Gasteiger partial charge in [0, 0.05) is 19.2 Å². The summed E-state index contributed by atoms with van der Waals surface area (Å²) in [4.78, 5) is 12.5. The van der Waals surface area contributed by atoms with Crippen molar-refractivity contribution in [2.75, 3.05) is 18.5 Å². The molecular weight excluding hydrogens is 381 g/mol. The molecule has 1 rings (SSSR count). The number of carbonyl (C=O) groups is 1. The van der Waals surface area contributed by atoms with Crippen LogP contribution in [-0.2, 0) is 10.0 Å². The monoisotopic (exact) mass is 396 g/mol. The molecule has 0 fully saturated rings. The molecule has 1 N–H and O–H groups in total. The normalized spacial score (nSPS) is 12.8. The molecule has 138 valence electrons. The molecule has 0 aromatic heterocycles. The minimum absolute atomic E-state index is 0.0529. The van der Waals surface area contributed by atoms with E-state index in [1.807, 2.05) is 0 Å². The van der Waals surface area contributed by atoms with Gasteiger partial charge in [-0.1, -0.05) is 36.9 Å². The number of anilines is 1. The van der Waals surface area contributed by atoms with Crippen molar-refractivity contribution in [1.29, 1.82) is 0 Å². The summed E-state index contributed by atoms with van der Waals surface area (Å²) in [5.41, 5.74) is -3.95. The highest BCUT2D eigenvalue weighted by Crippen LogP contribution is 2.29. The second-order valence-electron chi connectivity index (χ2n) is 4.85. The van der Waals surface area contributed by atoms with Gasteiger partial charge in [0.1, 0.15) is 0 Å². The van der Waals surface area contributed by atoms with E-state index in [1.54, 1.807) is 24.3 Å². The summed E-state index contributed by atoms with van der Waals surface area (Å²) >= 11 is 5.46. The van der Waals surface area contributed by atoms with Crippen LogP contribution in [0.5, 0.6) is 0 Å². The molecule has 0 bridgehead atoms. The first-order chi connectivity index (χ1) is 11.5. The fourth-order valence-electron chi connectivity index (χ4n) is 1.98. The molecule has 0 spiro atoms.